The Morgan fingerprint density at radius 3 is 2.47 bits per heavy atom. The van der Waals surface area contributed by atoms with Gasteiger partial charge >= 0.3 is 0 Å². The minimum absolute atomic E-state index is 0.138. The van der Waals surface area contributed by atoms with E-state index in [0.29, 0.717) is 16.6 Å². The summed E-state index contributed by atoms with van der Waals surface area (Å²) < 4.78 is 0. The van der Waals surface area contributed by atoms with Crippen LogP contribution in [0.5, 0.6) is 0 Å². The lowest BCUT2D eigenvalue weighted by atomic mass is 9.88. The smallest absolute Gasteiger partial charge is 0.0641 e. The second kappa shape index (κ2) is 5.94. The molecule has 2 nitrogen and oxygen atoms in total. The average Bonchev–Trinajstić information content (AvgIpc) is 2.32. The Morgan fingerprint density at radius 2 is 1.94 bits per heavy atom. The van der Waals surface area contributed by atoms with E-state index in [1.54, 1.807) is 0 Å². The number of benzene rings is 1. The molecule has 4 heteroatoms. The molecule has 1 atom stereocenters. The fourth-order valence-electron chi connectivity index (χ4n) is 1.38. The number of aliphatic hydroxyl groups excluding tert-OH is 1. The average molecular weight is 276 g/mol. The third-order valence-electron chi connectivity index (χ3n) is 3.19. The van der Waals surface area contributed by atoms with Crippen molar-refractivity contribution in [2.24, 2.45) is 5.41 Å². The van der Waals surface area contributed by atoms with E-state index in [2.05, 4.69) is 12.2 Å². The van der Waals surface area contributed by atoms with Gasteiger partial charge in [-0.2, -0.15) is 0 Å². The lowest BCUT2D eigenvalue weighted by Gasteiger charge is -2.26. The second-order valence-corrected chi connectivity index (χ2v) is 5.57. The maximum absolute atomic E-state index is 9.33. The summed E-state index contributed by atoms with van der Waals surface area (Å²) in [5, 5.41) is 13.9. The molecule has 0 bridgehead atoms. The van der Waals surface area contributed by atoms with Crippen LogP contribution in [-0.4, -0.2) is 18.3 Å². The van der Waals surface area contributed by atoms with Gasteiger partial charge in [-0.25, -0.2) is 0 Å². The molecule has 2 N–H and O–H groups in total. The standard InChI is InChI=1S/C13H19Cl2NO/c1-4-13(3,8-17)7-16-12-6-10(14)9(2)5-11(12)15/h5-6,16-17H,4,7-8H2,1-3H3. The van der Waals surface area contributed by atoms with Gasteiger partial charge in [-0.3, -0.25) is 0 Å². The third kappa shape index (κ3) is 3.77. The van der Waals surface area contributed by atoms with Crippen LogP contribution in [-0.2, 0) is 0 Å². The van der Waals surface area contributed by atoms with Gasteiger partial charge in [-0.1, -0.05) is 37.0 Å². The number of nitrogens with one attached hydrogen (secondary N) is 1. The second-order valence-electron chi connectivity index (χ2n) is 4.76. The van der Waals surface area contributed by atoms with Gasteiger partial charge in [0, 0.05) is 17.0 Å². The van der Waals surface area contributed by atoms with Gasteiger partial charge in [-0.05, 0) is 31.0 Å². The maximum atomic E-state index is 9.33. The lowest BCUT2D eigenvalue weighted by Crippen LogP contribution is -2.29. The van der Waals surface area contributed by atoms with Crippen LogP contribution in [0.1, 0.15) is 25.8 Å². The summed E-state index contributed by atoms with van der Waals surface area (Å²) in [4.78, 5) is 0. The SMILES string of the molecule is CCC(C)(CO)CNc1cc(Cl)c(C)cc1Cl. The van der Waals surface area contributed by atoms with E-state index in [1.165, 1.54) is 0 Å². The molecule has 0 aliphatic rings. The molecule has 0 fully saturated rings. The summed E-state index contributed by atoms with van der Waals surface area (Å²) in [6, 6.07) is 3.67. The molecule has 0 aliphatic carbocycles. The van der Waals surface area contributed by atoms with E-state index < -0.39 is 0 Å². The predicted octanol–water partition coefficient (Wildman–Crippen LogP) is 4.12. The topological polar surface area (TPSA) is 32.3 Å². The van der Waals surface area contributed by atoms with Crippen molar-refractivity contribution in [1.29, 1.82) is 0 Å². The van der Waals surface area contributed by atoms with Gasteiger partial charge in [0.1, 0.15) is 0 Å². The summed E-state index contributed by atoms with van der Waals surface area (Å²) in [5.74, 6) is 0. The van der Waals surface area contributed by atoms with Crippen LogP contribution in [0.2, 0.25) is 10.0 Å². The number of aliphatic hydroxyl groups is 1. The zero-order chi connectivity index (χ0) is 13.1. The van der Waals surface area contributed by atoms with Gasteiger partial charge < -0.3 is 10.4 Å². The summed E-state index contributed by atoms with van der Waals surface area (Å²) in [6.45, 7) is 6.82. The molecule has 0 radical (unpaired) electrons. The Balaban J connectivity index is 2.79. The molecule has 0 amide bonds. The van der Waals surface area contributed by atoms with E-state index in [0.717, 1.165) is 17.7 Å². The Kier molecular flexibility index (Phi) is 5.11. The number of anilines is 1. The minimum atomic E-state index is -0.138. The summed E-state index contributed by atoms with van der Waals surface area (Å²) in [7, 11) is 0. The number of aryl methyl sites for hydroxylation is 1. The first-order valence-electron chi connectivity index (χ1n) is 5.72. The minimum Gasteiger partial charge on any atom is -0.396 e. The van der Waals surface area contributed by atoms with Crippen LogP contribution < -0.4 is 5.32 Å². The van der Waals surface area contributed by atoms with E-state index in [-0.39, 0.29) is 12.0 Å². The molecular weight excluding hydrogens is 257 g/mol. The van der Waals surface area contributed by atoms with E-state index in [4.69, 9.17) is 23.2 Å². The highest BCUT2D eigenvalue weighted by molar-refractivity contribution is 6.35. The Bertz CT molecular complexity index is 389. The van der Waals surface area contributed by atoms with Crippen LogP contribution >= 0.6 is 23.2 Å². The van der Waals surface area contributed by atoms with Crippen LogP contribution in [0.15, 0.2) is 12.1 Å². The molecule has 0 aromatic heterocycles. The molecule has 0 heterocycles. The molecule has 1 aromatic rings. The van der Waals surface area contributed by atoms with Gasteiger partial charge in [0.2, 0.25) is 0 Å². The maximum Gasteiger partial charge on any atom is 0.0641 e. The van der Waals surface area contributed by atoms with E-state index in [1.807, 2.05) is 26.0 Å². The van der Waals surface area contributed by atoms with Crippen molar-refractivity contribution in [3.05, 3.63) is 27.7 Å². The number of hydrogen-bond donors (Lipinski definition) is 2. The van der Waals surface area contributed by atoms with Gasteiger partial charge in [0.05, 0.1) is 17.3 Å². The van der Waals surface area contributed by atoms with E-state index >= 15 is 0 Å². The zero-order valence-corrected chi connectivity index (χ0v) is 12.0. The van der Waals surface area contributed by atoms with Crippen molar-refractivity contribution < 1.29 is 5.11 Å². The molecule has 1 unspecified atom stereocenters. The zero-order valence-electron chi connectivity index (χ0n) is 10.5. The predicted molar refractivity (Wildman–Crippen MR) is 75.2 cm³/mol. The van der Waals surface area contributed by atoms with Crippen LogP contribution in [0.4, 0.5) is 5.69 Å². The van der Waals surface area contributed by atoms with Crippen molar-refractivity contribution in [3.63, 3.8) is 0 Å². The van der Waals surface area contributed by atoms with Gasteiger partial charge in [-0.15, -0.1) is 0 Å². The first-order chi connectivity index (χ1) is 7.91. The highest BCUT2D eigenvalue weighted by atomic mass is 35.5. The quantitative estimate of drug-likeness (QED) is 0.847. The number of hydrogen-bond acceptors (Lipinski definition) is 2. The fourth-order valence-corrected chi connectivity index (χ4v) is 1.83. The first-order valence-corrected chi connectivity index (χ1v) is 6.48. The summed E-state index contributed by atoms with van der Waals surface area (Å²) in [6.07, 6.45) is 0.897. The molecule has 96 valence electrons. The molecule has 0 aliphatic heterocycles. The fraction of sp³-hybridized carbons (Fsp3) is 0.538. The molecule has 1 rings (SSSR count). The van der Waals surface area contributed by atoms with Crippen molar-refractivity contribution in [1.82, 2.24) is 0 Å². The largest absolute Gasteiger partial charge is 0.396 e. The van der Waals surface area contributed by atoms with Gasteiger partial charge in [0.15, 0.2) is 0 Å². The Hall–Kier alpha value is -0.440. The monoisotopic (exact) mass is 275 g/mol. The number of halogens is 2. The van der Waals surface area contributed by atoms with Crippen LogP contribution in [0, 0.1) is 12.3 Å². The third-order valence-corrected chi connectivity index (χ3v) is 3.91. The number of rotatable bonds is 5. The van der Waals surface area contributed by atoms with Crippen LogP contribution in [0.3, 0.4) is 0 Å². The molecule has 0 spiro atoms. The summed E-state index contributed by atoms with van der Waals surface area (Å²) in [5.41, 5.74) is 1.64. The Morgan fingerprint density at radius 1 is 1.29 bits per heavy atom. The molecular formula is C13H19Cl2NO. The molecule has 0 saturated carbocycles. The molecule has 0 saturated heterocycles. The first kappa shape index (κ1) is 14.6. The van der Waals surface area contributed by atoms with Gasteiger partial charge in [0.25, 0.3) is 0 Å². The molecule has 1 aromatic carbocycles. The normalized spacial score (nSPS) is 14.5. The lowest BCUT2D eigenvalue weighted by molar-refractivity contribution is 0.149. The van der Waals surface area contributed by atoms with Crippen LogP contribution in [0.25, 0.3) is 0 Å². The molecule has 17 heavy (non-hydrogen) atoms. The highest BCUT2D eigenvalue weighted by Crippen LogP contribution is 2.30. The van der Waals surface area contributed by atoms with Crippen molar-refractivity contribution in [3.8, 4) is 0 Å². The Labute approximate surface area is 113 Å². The highest BCUT2D eigenvalue weighted by Gasteiger charge is 2.21. The van der Waals surface area contributed by atoms with Crippen molar-refractivity contribution in [2.75, 3.05) is 18.5 Å². The van der Waals surface area contributed by atoms with Crippen molar-refractivity contribution >= 4 is 28.9 Å². The van der Waals surface area contributed by atoms with E-state index in [9.17, 15) is 5.11 Å². The van der Waals surface area contributed by atoms with Crippen molar-refractivity contribution in [2.45, 2.75) is 27.2 Å². The summed E-state index contributed by atoms with van der Waals surface area (Å²) >= 11 is 12.2.